The Kier molecular flexibility index (Phi) is 14.9. The number of hydrogen-bond acceptors (Lipinski definition) is 16. The largest absolute Gasteiger partial charge is 0.481 e. The second-order valence-corrected chi connectivity index (χ2v) is 21.7. The minimum atomic E-state index is -2.47. The smallest absolute Gasteiger partial charge is 0.338 e. The highest BCUT2D eigenvalue weighted by Crippen LogP contribution is 2.64. The van der Waals surface area contributed by atoms with Crippen molar-refractivity contribution in [2.75, 3.05) is 6.61 Å². The summed E-state index contributed by atoms with van der Waals surface area (Å²) >= 11 is 0. The second-order valence-electron chi connectivity index (χ2n) is 21.7. The number of benzene rings is 2. The lowest BCUT2D eigenvalue weighted by atomic mass is 9.44. The molecule has 1 heterocycles. The van der Waals surface area contributed by atoms with Crippen LogP contribution in [0.25, 0.3) is 0 Å². The van der Waals surface area contributed by atoms with Gasteiger partial charge in [-0.15, -0.1) is 0 Å². The monoisotopic (exact) mass is 1010 g/mol. The molecule has 2 aromatic rings. The third-order valence-corrected chi connectivity index (χ3v) is 17.1. The molecule has 6 aliphatic rings. The van der Waals surface area contributed by atoms with E-state index in [1.54, 1.807) is 36.4 Å². The molecule has 0 aromatic heterocycles. The van der Waals surface area contributed by atoms with Gasteiger partial charge in [-0.25, -0.2) is 9.59 Å². The van der Waals surface area contributed by atoms with Gasteiger partial charge in [0.05, 0.1) is 35.6 Å². The van der Waals surface area contributed by atoms with Gasteiger partial charge in [0.2, 0.25) is 11.8 Å². The number of carbonyl (C=O) groups is 8. The van der Waals surface area contributed by atoms with E-state index in [1.807, 2.05) is 0 Å². The van der Waals surface area contributed by atoms with E-state index in [1.165, 1.54) is 52.0 Å². The number of Topliss-reactive ketones (excluding diaryl/α,β-unsaturated/α-hetero) is 1. The highest BCUT2D eigenvalue weighted by molar-refractivity contribution is 5.96. The maximum atomic E-state index is 15.6. The Morgan fingerprint density at radius 1 is 0.863 bits per heavy atom. The number of fused-ring (bicyclic) bond motifs is 7. The summed E-state index contributed by atoms with van der Waals surface area (Å²) in [5.74, 6) is -8.04. The zero-order valence-electron chi connectivity index (χ0n) is 41.9. The summed E-state index contributed by atoms with van der Waals surface area (Å²) < 4.78 is 30.4. The topological polar surface area (TPSA) is 288 Å². The number of hydrogen-bond donors (Lipinski definition) is 6. The molecule has 73 heavy (non-hydrogen) atoms. The molecule has 19 heteroatoms. The average Bonchev–Trinajstić information content (AvgIpc) is 3.97. The van der Waals surface area contributed by atoms with Crippen LogP contribution in [0.4, 0.5) is 0 Å². The van der Waals surface area contributed by atoms with Crippen molar-refractivity contribution >= 4 is 47.4 Å². The number of ketones is 1. The van der Waals surface area contributed by atoms with Crippen LogP contribution in [0.3, 0.4) is 0 Å². The number of amides is 2. The number of aliphatic hydroxyl groups excluding tert-OH is 2. The number of aliphatic carboxylic acids is 1. The maximum absolute atomic E-state index is 15.6. The summed E-state index contributed by atoms with van der Waals surface area (Å²) in [5.41, 5.74) is -7.86. The quantitative estimate of drug-likeness (QED) is 0.0796. The fourth-order valence-electron chi connectivity index (χ4n) is 13.3. The average molecular weight is 1020 g/mol. The number of carboxylic acids is 1. The van der Waals surface area contributed by atoms with Gasteiger partial charge in [-0.3, -0.25) is 28.8 Å². The maximum Gasteiger partial charge on any atom is 0.338 e. The van der Waals surface area contributed by atoms with Gasteiger partial charge in [0.15, 0.2) is 23.6 Å². The number of carbonyl (C=O) groups excluding carboxylic acids is 7. The van der Waals surface area contributed by atoms with E-state index in [4.69, 9.17) is 23.7 Å². The molecule has 394 valence electrons. The van der Waals surface area contributed by atoms with E-state index in [9.17, 15) is 54.0 Å². The van der Waals surface area contributed by atoms with Gasteiger partial charge < -0.3 is 54.7 Å². The molecule has 1 aliphatic heterocycles. The molecule has 0 unspecified atom stereocenters. The molecule has 6 N–H and O–H groups in total. The molecule has 2 aromatic carbocycles. The van der Waals surface area contributed by atoms with Crippen molar-refractivity contribution in [1.82, 2.24) is 10.6 Å². The number of nitrogens with one attached hydrogen (secondary N) is 2. The SMILES string of the molecule is CC(=O)O[C@H]1C(=O)[C@@]2(C)[C@H]([C@H](OC(=O)c3ccccc3)[C@]3(O)C[C@H](OC(=O)[C@H](O)[C@@H](NC(=O)[C@@H](CCC(=O)O)NC(=O)C[C@H]4C[C@@H]5CC[C@H]4C5)c4ccccc4)C(C)=C1C3(C)C)[C@]1(OC(C)=O)CO[C@@H]1C[C@@H]2O. The third kappa shape index (κ3) is 9.69. The number of esters is 4. The molecule has 0 radical (unpaired) electrons. The lowest BCUT2D eigenvalue weighted by molar-refractivity contribution is -0.346. The molecule has 19 nitrogen and oxygen atoms in total. The molecule has 1 saturated heterocycles. The van der Waals surface area contributed by atoms with Crippen LogP contribution in [-0.4, -0.2) is 128 Å². The van der Waals surface area contributed by atoms with Crippen molar-refractivity contribution in [3.8, 4) is 0 Å². The van der Waals surface area contributed by atoms with Gasteiger partial charge in [0.1, 0.15) is 30.0 Å². The fourth-order valence-corrected chi connectivity index (χ4v) is 13.3. The lowest BCUT2D eigenvalue weighted by Gasteiger charge is -2.67. The Morgan fingerprint density at radius 2 is 1.53 bits per heavy atom. The Hall–Kier alpha value is -6.02. The second kappa shape index (κ2) is 20.4. The zero-order chi connectivity index (χ0) is 52.9. The van der Waals surface area contributed by atoms with Crippen LogP contribution < -0.4 is 10.6 Å². The minimum absolute atomic E-state index is 0.0318. The van der Waals surface area contributed by atoms with E-state index in [-0.39, 0.29) is 54.1 Å². The van der Waals surface area contributed by atoms with Crippen molar-refractivity contribution in [2.45, 2.75) is 159 Å². The van der Waals surface area contributed by atoms with Crippen LogP contribution in [0.15, 0.2) is 71.8 Å². The molecule has 5 aliphatic carbocycles. The molecule has 4 saturated carbocycles. The molecular weight excluding hydrogens is 949 g/mol. The van der Waals surface area contributed by atoms with Gasteiger partial charge in [-0.05, 0) is 86.1 Å². The van der Waals surface area contributed by atoms with E-state index < -0.39 is 137 Å². The van der Waals surface area contributed by atoms with Crippen LogP contribution >= 0.6 is 0 Å². The summed E-state index contributed by atoms with van der Waals surface area (Å²) in [6, 6.07) is 12.7. The number of carboxylic acid groups (broad SMARTS) is 1. The number of rotatable bonds is 16. The zero-order valence-corrected chi connectivity index (χ0v) is 41.9. The molecule has 15 atom stereocenters. The van der Waals surface area contributed by atoms with Crippen molar-refractivity contribution in [1.29, 1.82) is 0 Å². The molecule has 4 bridgehead atoms. The fraction of sp³-hybridized carbons (Fsp3) is 0.593. The Morgan fingerprint density at radius 3 is 2.11 bits per heavy atom. The van der Waals surface area contributed by atoms with Crippen molar-refractivity contribution in [3.63, 3.8) is 0 Å². The van der Waals surface area contributed by atoms with Gasteiger partial charge in [-0.1, -0.05) is 68.8 Å². The van der Waals surface area contributed by atoms with E-state index >= 15 is 4.79 Å². The Labute approximate surface area is 422 Å². The van der Waals surface area contributed by atoms with Crippen molar-refractivity contribution in [3.05, 3.63) is 82.9 Å². The molecule has 2 amide bonds. The first-order valence-electron chi connectivity index (χ1n) is 25.1. The number of ether oxygens (including phenoxy) is 5. The van der Waals surface area contributed by atoms with Crippen LogP contribution in [-0.2, 0) is 57.2 Å². The van der Waals surface area contributed by atoms with Crippen LogP contribution in [0.1, 0.15) is 121 Å². The van der Waals surface area contributed by atoms with E-state index in [0.717, 1.165) is 39.5 Å². The van der Waals surface area contributed by atoms with Gasteiger partial charge >= 0.3 is 29.8 Å². The van der Waals surface area contributed by atoms with Crippen molar-refractivity contribution < 1.29 is 82.5 Å². The standard InChI is InChI=1S/C54H66N2O17/c1-27-36(71-50(67)43(63)42(31-13-9-7-10-14-31)56-48(65)35(19-20-40(61)62)55-39(60)23-34-22-30-17-18-33(34)21-30)25-54(68)47(72-49(66)32-15-11-8-12-16-32)45-52(6,37(59)24-38-53(45,26-69-38)73-29(3)58)46(64)44(70-28(2)57)41(27)51(54,4)5/h7-16,30,33-38,42-45,47,59,63,68H,17-26H2,1-6H3,(H,55,60)(H,56,65)(H,61,62)/t30-,33+,34-,35-,36+,37+,38-,42+,43-,44-,45+,47+,52-,53+,54-/m1/s1. The first-order chi connectivity index (χ1) is 34.4. The molecular formula is C54H66N2O17. The normalized spacial score (nSPS) is 33.9. The highest BCUT2D eigenvalue weighted by Gasteiger charge is 2.78. The summed E-state index contributed by atoms with van der Waals surface area (Å²) in [6.07, 6.45) is -7.72. The molecule has 5 fully saturated rings. The Bertz CT molecular complexity index is 2550. The molecule has 8 rings (SSSR count). The summed E-state index contributed by atoms with van der Waals surface area (Å²) in [5, 5.41) is 53.0. The molecule has 0 spiro atoms. The van der Waals surface area contributed by atoms with Gasteiger partial charge in [0.25, 0.3) is 0 Å². The minimum Gasteiger partial charge on any atom is -0.481 e. The van der Waals surface area contributed by atoms with Gasteiger partial charge in [-0.2, -0.15) is 0 Å². The summed E-state index contributed by atoms with van der Waals surface area (Å²) in [4.78, 5) is 110. The predicted octanol–water partition coefficient (Wildman–Crippen LogP) is 3.60. The van der Waals surface area contributed by atoms with Crippen LogP contribution in [0.5, 0.6) is 0 Å². The summed E-state index contributed by atoms with van der Waals surface area (Å²) in [7, 11) is 0. The van der Waals surface area contributed by atoms with Crippen LogP contribution in [0.2, 0.25) is 0 Å². The Balaban J connectivity index is 1.18. The van der Waals surface area contributed by atoms with Crippen molar-refractivity contribution in [2.24, 2.45) is 34.5 Å². The summed E-state index contributed by atoms with van der Waals surface area (Å²) in [6.45, 7) is 7.74. The van der Waals surface area contributed by atoms with E-state index in [2.05, 4.69) is 10.6 Å². The highest BCUT2D eigenvalue weighted by atomic mass is 16.6. The first-order valence-corrected chi connectivity index (χ1v) is 25.1. The predicted molar refractivity (Wildman–Crippen MR) is 254 cm³/mol. The van der Waals surface area contributed by atoms with Crippen LogP contribution in [0, 0.1) is 34.5 Å². The first kappa shape index (κ1) is 53.3. The third-order valence-electron chi connectivity index (χ3n) is 17.1. The lowest BCUT2D eigenvalue weighted by Crippen LogP contribution is -2.82. The number of aliphatic hydroxyl groups is 3. The van der Waals surface area contributed by atoms with Gasteiger partial charge in [0, 0.05) is 44.9 Å². The van der Waals surface area contributed by atoms with E-state index in [0.29, 0.717) is 11.8 Å².